The summed E-state index contributed by atoms with van der Waals surface area (Å²) in [5.74, 6) is 0.845. The normalized spacial score (nSPS) is 24.4. The zero-order valence-electron chi connectivity index (χ0n) is 15.1. The molecule has 144 valence electrons. The van der Waals surface area contributed by atoms with Crippen LogP contribution in [0.5, 0.6) is 5.75 Å². The molecule has 1 N–H and O–H groups in total. The second kappa shape index (κ2) is 7.56. The smallest absolute Gasteiger partial charge is 0.397 e. The molecule has 27 heavy (non-hydrogen) atoms. The van der Waals surface area contributed by atoms with Crippen LogP contribution in [0.25, 0.3) is 0 Å². The third-order valence-corrected chi connectivity index (χ3v) is 5.89. The molecule has 0 bridgehead atoms. The topological polar surface area (TPSA) is 91.8 Å². The van der Waals surface area contributed by atoms with Gasteiger partial charge in [0.15, 0.2) is 0 Å². The summed E-state index contributed by atoms with van der Waals surface area (Å²) in [6.45, 7) is 4.85. The third kappa shape index (κ3) is 3.84. The van der Waals surface area contributed by atoms with Crippen LogP contribution in [0, 0.1) is 13.8 Å². The fourth-order valence-corrected chi connectivity index (χ4v) is 4.30. The molecule has 1 saturated heterocycles. The summed E-state index contributed by atoms with van der Waals surface area (Å²) in [5, 5.41) is 0. The van der Waals surface area contributed by atoms with Gasteiger partial charge in [0.25, 0.3) is 5.56 Å². The van der Waals surface area contributed by atoms with Crippen molar-refractivity contribution in [2.75, 3.05) is 6.61 Å². The molecule has 0 spiro atoms. The average molecular weight is 392 g/mol. The highest BCUT2D eigenvalue weighted by molar-refractivity contribution is 7.42. The molecule has 8 nitrogen and oxygen atoms in total. The molecule has 3 heterocycles. The molecule has 3 atom stereocenters. The van der Waals surface area contributed by atoms with Crippen molar-refractivity contribution in [1.82, 2.24) is 9.55 Å². The van der Waals surface area contributed by atoms with Crippen LogP contribution in [0.3, 0.4) is 0 Å². The van der Waals surface area contributed by atoms with Crippen LogP contribution in [-0.4, -0.2) is 22.3 Å². The van der Waals surface area contributed by atoms with Gasteiger partial charge in [-0.1, -0.05) is 12.1 Å². The van der Waals surface area contributed by atoms with Gasteiger partial charge in [0, 0.05) is 17.8 Å². The van der Waals surface area contributed by atoms with Crippen LogP contribution < -0.4 is 15.8 Å². The Balaban J connectivity index is 1.34. The van der Waals surface area contributed by atoms with Crippen LogP contribution in [-0.2, 0) is 20.4 Å². The minimum Gasteiger partial charge on any atom is -0.426 e. The Morgan fingerprint density at radius 2 is 2.11 bits per heavy atom. The first-order valence-corrected chi connectivity index (χ1v) is 9.91. The maximum atomic E-state index is 11.9. The molecule has 0 saturated carbocycles. The number of nitrogens with zero attached hydrogens (tertiary/aromatic N) is 1. The number of ether oxygens (including phenoxy) is 1. The zero-order chi connectivity index (χ0) is 19.0. The van der Waals surface area contributed by atoms with E-state index in [1.165, 1.54) is 22.4 Å². The number of nitrogens with one attached hydrogen (secondary N) is 1. The predicted molar refractivity (Wildman–Crippen MR) is 98.7 cm³/mol. The van der Waals surface area contributed by atoms with Gasteiger partial charge in [-0.25, -0.2) is 4.79 Å². The minimum atomic E-state index is -1.48. The van der Waals surface area contributed by atoms with Gasteiger partial charge in [-0.15, -0.1) is 0 Å². The Morgan fingerprint density at radius 1 is 1.26 bits per heavy atom. The fourth-order valence-electron chi connectivity index (χ4n) is 3.19. The number of fused-ring (bicyclic) bond motifs is 1. The van der Waals surface area contributed by atoms with Crippen molar-refractivity contribution < 1.29 is 18.3 Å². The molecule has 0 aliphatic carbocycles. The fraction of sp³-hybridized carbons (Fsp3) is 0.444. The summed E-state index contributed by atoms with van der Waals surface area (Å²) in [6, 6.07) is 5.38. The zero-order valence-corrected chi connectivity index (χ0v) is 16.0. The number of aryl methyl sites for hydroxylation is 1. The number of rotatable bonds is 4. The van der Waals surface area contributed by atoms with Crippen molar-refractivity contribution in [1.29, 1.82) is 0 Å². The SMILES string of the molecule is Cc1ccc2c(c1C)OP(OCC1CCC(n3ccc(=O)[nH]c3=O)O1)OC2. The molecular formula is C18H21N2O6P. The predicted octanol–water partition coefficient (Wildman–Crippen LogP) is 2.68. The van der Waals surface area contributed by atoms with Crippen LogP contribution in [0.2, 0.25) is 0 Å². The summed E-state index contributed by atoms with van der Waals surface area (Å²) < 4.78 is 24.7. The first-order valence-electron chi connectivity index (χ1n) is 8.81. The van der Waals surface area contributed by atoms with E-state index in [0.29, 0.717) is 19.6 Å². The van der Waals surface area contributed by atoms with Gasteiger partial charge in [0.1, 0.15) is 12.0 Å². The molecule has 1 fully saturated rings. The van der Waals surface area contributed by atoms with Gasteiger partial charge in [-0.2, -0.15) is 0 Å². The van der Waals surface area contributed by atoms with Crippen molar-refractivity contribution in [2.45, 2.75) is 45.6 Å². The van der Waals surface area contributed by atoms with E-state index in [4.69, 9.17) is 18.3 Å². The van der Waals surface area contributed by atoms with E-state index in [1.54, 1.807) is 0 Å². The van der Waals surface area contributed by atoms with Crippen LogP contribution in [0.4, 0.5) is 0 Å². The highest BCUT2D eigenvalue weighted by Crippen LogP contribution is 2.49. The van der Waals surface area contributed by atoms with Gasteiger partial charge >= 0.3 is 14.3 Å². The van der Waals surface area contributed by atoms with Crippen LogP contribution in [0.1, 0.15) is 35.8 Å². The highest BCUT2D eigenvalue weighted by Gasteiger charge is 2.31. The molecule has 9 heteroatoms. The van der Waals surface area contributed by atoms with Crippen LogP contribution >= 0.6 is 8.60 Å². The number of benzene rings is 1. The second-order valence-electron chi connectivity index (χ2n) is 6.69. The van der Waals surface area contributed by atoms with Crippen molar-refractivity contribution in [3.63, 3.8) is 0 Å². The van der Waals surface area contributed by atoms with Gasteiger partial charge in [-0.3, -0.25) is 23.4 Å². The molecule has 0 amide bonds. The highest BCUT2D eigenvalue weighted by atomic mass is 31.2. The van der Waals surface area contributed by atoms with Crippen molar-refractivity contribution in [3.05, 3.63) is 61.9 Å². The van der Waals surface area contributed by atoms with Gasteiger partial charge in [0.05, 0.1) is 19.3 Å². The van der Waals surface area contributed by atoms with E-state index in [-0.39, 0.29) is 6.10 Å². The first-order chi connectivity index (χ1) is 13.0. The number of hydrogen-bond acceptors (Lipinski definition) is 6. The summed E-state index contributed by atoms with van der Waals surface area (Å²) in [5.41, 5.74) is 2.39. The maximum absolute atomic E-state index is 11.9. The molecule has 4 rings (SSSR count). The Bertz CT molecular complexity index is 956. The lowest BCUT2D eigenvalue weighted by molar-refractivity contribution is -0.0229. The number of aromatic amines is 1. The molecule has 1 aromatic carbocycles. The number of H-pyrrole nitrogens is 1. The van der Waals surface area contributed by atoms with E-state index in [1.807, 2.05) is 19.9 Å². The Kier molecular flexibility index (Phi) is 5.14. The maximum Gasteiger partial charge on any atom is 0.397 e. The summed E-state index contributed by atoms with van der Waals surface area (Å²) in [6.07, 6.45) is 2.29. The molecule has 1 aromatic heterocycles. The quantitative estimate of drug-likeness (QED) is 0.805. The second-order valence-corrected chi connectivity index (χ2v) is 7.83. The molecule has 2 aliphatic rings. The van der Waals surface area contributed by atoms with Crippen LogP contribution in [0.15, 0.2) is 34.0 Å². The molecule has 3 unspecified atom stereocenters. The summed E-state index contributed by atoms with van der Waals surface area (Å²) in [4.78, 5) is 25.3. The standard InChI is InChI=1S/C18H21N2O6P/c1-11-3-4-13-9-23-27(26-17(13)12(11)2)24-10-14-5-6-16(25-14)20-8-7-15(21)19-18(20)22/h3-4,7-8,14,16H,5-6,9-10H2,1-2H3,(H,19,21,22). The van der Waals surface area contributed by atoms with E-state index >= 15 is 0 Å². The van der Waals surface area contributed by atoms with Crippen molar-refractivity contribution in [2.24, 2.45) is 0 Å². The molecule has 0 radical (unpaired) electrons. The molecule has 2 aliphatic heterocycles. The lowest BCUT2D eigenvalue weighted by Gasteiger charge is -2.26. The minimum absolute atomic E-state index is 0.163. The van der Waals surface area contributed by atoms with E-state index in [9.17, 15) is 9.59 Å². The lowest BCUT2D eigenvalue weighted by Crippen LogP contribution is -2.31. The molecular weight excluding hydrogens is 371 g/mol. The first kappa shape index (κ1) is 18.4. The third-order valence-electron chi connectivity index (χ3n) is 4.86. The van der Waals surface area contributed by atoms with Gasteiger partial charge < -0.3 is 9.26 Å². The average Bonchev–Trinajstić information content (AvgIpc) is 3.12. The Hall–Kier alpha value is -1.99. The Morgan fingerprint density at radius 3 is 2.93 bits per heavy atom. The monoisotopic (exact) mass is 392 g/mol. The largest absolute Gasteiger partial charge is 0.426 e. The summed E-state index contributed by atoms with van der Waals surface area (Å²) in [7, 11) is -1.48. The van der Waals surface area contributed by atoms with E-state index in [2.05, 4.69) is 11.1 Å². The molecule has 2 aromatic rings. The van der Waals surface area contributed by atoms with E-state index < -0.39 is 26.1 Å². The van der Waals surface area contributed by atoms with E-state index in [0.717, 1.165) is 23.3 Å². The van der Waals surface area contributed by atoms with Gasteiger partial charge in [-0.05, 0) is 37.8 Å². The Labute approximate surface area is 157 Å². The number of hydrogen-bond donors (Lipinski definition) is 1. The lowest BCUT2D eigenvalue weighted by atomic mass is 10.1. The van der Waals surface area contributed by atoms with Crippen molar-refractivity contribution in [3.8, 4) is 5.75 Å². The van der Waals surface area contributed by atoms with Crippen molar-refractivity contribution >= 4 is 8.60 Å². The number of aromatic nitrogens is 2. The summed E-state index contributed by atoms with van der Waals surface area (Å²) >= 11 is 0. The van der Waals surface area contributed by atoms with Gasteiger partial charge in [0.2, 0.25) is 0 Å².